The molecular weight excluding hydrogens is 240 g/mol. The van der Waals surface area contributed by atoms with Gasteiger partial charge in [-0.15, -0.1) is 0 Å². The highest BCUT2D eigenvalue weighted by Crippen LogP contribution is 2.18. The van der Waals surface area contributed by atoms with E-state index < -0.39 is 0 Å². The zero-order chi connectivity index (χ0) is 14.0. The standard InChI is InChI=1S/C15H18N2O2/c1-5-19-15(18)13-7-6-8-14(9-13)17-12(4)10(2)11(3)16-17/h6-9H,5H2,1-4H3. The Morgan fingerprint density at radius 1 is 1.32 bits per heavy atom. The zero-order valence-electron chi connectivity index (χ0n) is 11.7. The van der Waals surface area contributed by atoms with Crippen LogP contribution in [0.25, 0.3) is 5.69 Å². The molecule has 0 unspecified atom stereocenters. The van der Waals surface area contributed by atoms with Crippen LogP contribution in [0.3, 0.4) is 0 Å². The van der Waals surface area contributed by atoms with Crippen LogP contribution < -0.4 is 0 Å². The second-order valence-electron chi connectivity index (χ2n) is 4.48. The van der Waals surface area contributed by atoms with Gasteiger partial charge in [-0.1, -0.05) is 6.07 Å². The first kappa shape index (κ1) is 13.3. The highest BCUT2D eigenvalue weighted by molar-refractivity contribution is 5.90. The fourth-order valence-corrected chi connectivity index (χ4v) is 1.95. The highest BCUT2D eigenvalue weighted by atomic mass is 16.5. The third-order valence-corrected chi connectivity index (χ3v) is 3.25. The molecule has 0 spiro atoms. The van der Waals surface area contributed by atoms with Gasteiger partial charge in [0.15, 0.2) is 0 Å². The van der Waals surface area contributed by atoms with Crippen LogP contribution in [0, 0.1) is 20.8 Å². The van der Waals surface area contributed by atoms with Gasteiger partial charge in [0.1, 0.15) is 0 Å². The second-order valence-corrected chi connectivity index (χ2v) is 4.48. The van der Waals surface area contributed by atoms with Gasteiger partial charge < -0.3 is 4.74 Å². The fourth-order valence-electron chi connectivity index (χ4n) is 1.95. The maximum atomic E-state index is 11.7. The van der Waals surface area contributed by atoms with Gasteiger partial charge in [-0.25, -0.2) is 9.48 Å². The molecule has 1 aromatic heterocycles. The van der Waals surface area contributed by atoms with Gasteiger partial charge in [-0.2, -0.15) is 5.10 Å². The topological polar surface area (TPSA) is 44.1 Å². The molecule has 2 aromatic rings. The Bertz CT molecular complexity index is 615. The molecule has 4 nitrogen and oxygen atoms in total. The number of benzene rings is 1. The second kappa shape index (κ2) is 5.26. The Morgan fingerprint density at radius 3 is 2.63 bits per heavy atom. The van der Waals surface area contributed by atoms with E-state index in [2.05, 4.69) is 5.10 Å². The Hall–Kier alpha value is -2.10. The molecule has 0 bridgehead atoms. The van der Waals surface area contributed by atoms with E-state index in [9.17, 15) is 4.79 Å². The van der Waals surface area contributed by atoms with Crippen molar-refractivity contribution in [2.24, 2.45) is 0 Å². The van der Waals surface area contributed by atoms with Crippen LogP contribution in [0.15, 0.2) is 24.3 Å². The van der Waals surface area contributed by atoms with Crippen molar-refractivity contribution in [3.63, 3.8) is 0 Å². The van der Waals surface area contributed by atoms with Crippen LogP contribution in [0.1, 0.15) is 34.2 Å². The molecule has 0 aliphatic heterocycles. The number of aryl methyl sites for hydroxylation is 1. The molecule has 2 rings (SSSR count). The highest BCUT2D eigenvalue weighted by Gasteiger charge is 2.11. The molecule has 0 saturated heterocycles. The van der Waals surface area contributed by atoms with E-state index >= 15 is 0 Å². The van der Waals surface area contributed by atoms with Crippen LogP contribution in [-0.2, 0) is 4.74 Å². The van der Waals surface area contributed by atoms with Crippen LogP contribution in [0.5, 0.6) is 0 Å². The molecule has 1 aromatic carbocycles. The Morgan fingerprint density at radius 2 is 2.05 bits per heavy atom. The number of hydrogen-bond acceptors (Lipinski definition) is 3. The molecule has 0 N–H and O–H groups in total. The lowest BCUT2D eigenvalue weighted by molar-refractivity contribution is 0.0526. The molecule has 0 fully saturated rings. The van der Waals surface area contributed by atoms with Crippen LogP contribution in [0.4, 0.5) is 0 Å². The van der Waals surface area contributed by atoms with Crippen molar-refractivity contribution in [2.45, 2.75) is 27.7 Å². The smallest absolute Gasteiger partial charge is 0.338 e. The largest absolute Gasteiger partial charge is 0.462 e. The minimum atomic E-state index is -0.303. The third kappa shape index (κ3) is 2.52. The first-order chi connectivity index (χ1) is 9.04. The van der Waals surface area contributed by atoms with Crippen LogP contribution in [0.2, 0.25) is 0 Å². The van der Waals surface area contributed by atoms with E-state index in [4.69, 9.17) is 4.74 Å². The number of aromatic nitrogens is 2. The van der Waals surface area contributed by atoms with E-state index in [1.807, 2.05) is 37.6 Å². The summed E-state index contributed by atoms with van der Waals surface area (Å²) in [6.45, 7) is 8.22. The summed E-state index contributed by atoms with van der Waals surface area (Å²) >= 11 is 0. The van der Waals surface area contributed by atoms with Crippen molar-refractivity contribution in [1.82, 2.24) is 9.78 Å². The number of nitrogens with zero attached hydrogens (tertiary/aromatic N) is 2. The number of carbonyl (C=O) groups is 1. The van der Waals surface area contributed by atoms with Gasteiger partial charge in [0, 0.05) is 5.69 Å². The van der Waals surface area contributed by atoms with E-state index in [1.165, 1.54) is 5.56 Å². The molecule has 0 saturated carbocycles. The molecular formula is C15H18N2O2. The summed E-state index contributed by atoms with van der Waals surface area (Å²) in [6.07, 6.45) is 0. The average molecular weight is 258 g/mol. The van der Waals surface area contributed by atoms with Crippen LogP contribution >= 0.6 is 0 Å². The molecule has 0 aliphatic carbocycles. The van der Waals surface area contributed by atoms with Crippen molar-refractivity contribution < 1.29 is 9.53 Å². The molecule has 1 heterocycles. The monoisotopic (exact) mass is 258 g/mol. The summed E-state index contributed by atoms with van der Waals surface area (Å²) in [5, 5.41) is 4.49. The molecule has 100 valence electrons. The number of rotatable bonds is 3. The van der Waals surface area contributed by atoms with Gasteiger partial charge in [0.25, 0.3) is 0 Å². The average Bonchev–Trinajstić information content (AvgIpc) is 2.67. The molecule has 19 heavy (non-hydrogen) atoms. The Kier molecular flexibility index (Phi) is 3.69. The third-order valence-electron chi connectivity index (χ3n) is 3.25. The van der Waals surface area contributed by atoms with E-state index in [0.717, 1.165) is 17.1 Å². The normalized spacial score (nSPS) is 10.5. The Labute approximate surface area is 113 Å². The summed E-state index contributed by atoms with van der Waals surface area (Å²) in [7, 11) is 0. The maximum absolute atomic E-state index is 11.7. The van der Waals surface area contributed by atoms with Gasteiger partial charge in [-0.3, -0.25) is 0 Å². The van der Waals surface area contributed by atoms with E-state index in [0.29, 0.717) is 12.2 Å². The van der Waals surface area contributed by atoms with Gasteiger partial charge in [-0.05, 0) is 51.5 Å². The molecule has 0 radical (unpaired) electrons. The minimum Gasteiger partial charge on any atom is -0.462 e. The van der Waals surface area contributed by atoms with Crippen molar-refractivity contribution in [2.75, 3.05) is 6.61 Å². The number of ether oxygens (including phenoxy) is 1. The van der Waals surface area contributed by atoms with E-state index in [1.54, 1.807) is 19.1 Å². The van der Waals surface area contributed by atoms with E-state index in [-0.39, 0.29) is 5.97 Å². The van der Waals surface area contributed by atoms with Crippen molar-refractivity contribution >= 4 is 5.97 Å². The SMILES string of the molecule is CCOC(=O)c1cccc(-n2nc(C)c(C)c2C)c1. The van der Waals surface area contributed by atoms with Gasteiger partial charge in [0.2, 0.25) is 0 Å². The summed E-state index contributed by atoms with van der Waals surface area (Å²) < 4.78 is 6.86. The molecule has 0 aliphatic rings. The molecule has 0 atom stereocenters. The van der Waals surface area contributed by atoms with Crippen LogP contribution in [-0.4, -0.2) is 22.4 Å². The lowest BCUT2D eigenvalue weighted by Crippen LogP contribution is -2.06. The maximum Gasteiger partial charge on any atom is 0.338 e. The summed E-state index contributed by atoms with van der Waals surface area (Å²) in [5.74, 6) is -0.303. The quantitative estimate of drug-likeness (QED) is 0.795. The summed E-state index contributed by atoms with van der Waals surface area (Å²) in [6, 6.07) is 7.33. The van der Waals surface area contributed by atoms with Gasteiger partial charge in [0.05, 0.1) is 23.6 Å². The lowest BCUT2D eigenvalue weighted by Gasteiger charge is -2.07. The van der Waals surface area contributed by atoms with Crippen molar-refractivity contribution in [3.05, 3.63) is 46.8 Å². The first-order valence-electron chi connectivity index (χ1n) is 6.35. The van der Waals surface area contributed by atoms with Gasteiger partial charge >= 0.3 is 5.97 Å². The zero-order valence-corrected chi connectivity index (χ0v) is 11.7. The number of carbonyl (C=O) groups excluding carboxylic acids is 1. The van der Waals surface area contributed by atoms with Crippen molar-refractivity contribution in [3.8, 4) is 5.69 Å². The molecule has 4 heteroatoms. The number of hydrogen-bond donors (Lipinski definition) is 0. The molecule has 0 amide bonds. The summed E-state index contributed by atoms with van der Waals surface area (Å²) in [4.78, 5) is 11.7. The predicted molar refractivity (Wildman–Crippen MR) is 73.7 cm³/mol. The Balaban J connectivity index is 2.43. The first-order valence-corrected chi connectivity index (χ1v) is 6.35. The lowest BCUT2D eigenvalue weighted by atomic mass is 10.2. The number of esters is 1. The predicted octanol–water partition coefficient (Wildman–Crippen LogP) is 2.97. The van der Waals surface area contributed by atoms with Crippen molar-refractivity contribution in [1.29, 1.82) is 0 Å². The summed E-state index contributed by atoms with van der Waals surface area (Å²) in [5.41, 5.74) is 4.67. The minimum absolute atomic E-state index is 0.303. The fraction of sp³-hybridized carbons (Fsp3) is 0.333.